The van der Waals surface area contributed by atoms with Crippen molar-refractivity contribution in [3.8, 4) is 5.75 Å². The van der Waals surface area contributed by atoms with Gasteiger partial charge < -0.3 is 15.0 Å². The summed E-state index contributed by atoms with van der Waals surface area (Å²) in [6.07, 6.45) is 1.58. The van der Waals surface area contributed by atoms with E-state index in [4.69, 9.17) is 4.74 Å². The maximum absolute atomic E-state index is 13.6. The Hall–Kier alpha value is -3.67. The number of nitro groups is 1. The minimum Gasteiger partial charge on any atom is -0.495 e. The van der Waals surface area contributed by atoms with E-state index in [1.54, 1.807) is 6.92 Å². The summed E-state index contributed by atoms with van der Waals surface area (Å²) in [6.45, 7) is 6.62. The highest BCUT2D eigenvalue weighted by atomic mass is 32.2. The van der Waals surface area contributed by atoms with Gasteiger partial charge in [0.1, 0.15) is 24.0 Å². The number of hydrogen-bond acceptors (Lipinski definition) is 7. The fourth-order valence-corrected chi connectivity index (χ4v) is 4.36. The Bertz CT molecular complexity index is 1230. The zero-order chi connectivity index (χ0) is 27.9. The number of benzene rings is 2. The van der Waals surface area contributed by atoms with Crippen molar-refractivity contribution >= 4 is 33.2 Å². The van der Waals surface area contributed by atoms with Gasteiger partial charge in [-0.05, 0) is 38.8 Å². The average Bonchev–Trinajstić information content (AvgIpc) is 2.85. The number of nitrogens with one attached hydrogen (secondary N) is 1. The summed E-state index contributed by atoms with van der Waals surface area (Å²) in [5.41, 5.74) is 1.25. The molecule has 12 heteroatoms. The molecule has 2 rings (SSSR count). The first kappa shape index (κ1) is 29.6. The van der Waals surface area contributed by atoms with Gasteiger partial charge in [-0.25, -0.2) is 8.42 Å². The normalized spacial score (nSPS) is 12.8. The first-order valence-corrected chi connectivity index (χ1v) is 13.6. The molecule has 0 saturated carbocycles. The van der Waals surface area contributed by atoms with Crippen molar-refractivity contribution < 1.29 is 27.7 Å². The predicted molar refractivity (Wildman–Crippen MR) is 141 cm³/mol. The molecule has 11 nitrogen and oxygen atoms in total. The number of anilines is 1. The zero-order valence-corrected chi connectivity index (χ0v) is 22.7. The second-order valence-corrected chi connectivity index (χ2v) is 10.8. The zero-order valence-electron chi connectivity index (χ0n) is 21.9. The predicted octanol–water partition coefficient (Wildman–Crippen LogP) is 3.01. The molecule has 2 aromatic carbocycles. The number of aryl methyl sites for hydroxylation is 1. The fourth-order valence-electron chi connectivity index (χ4n) is 3.52. The van der Waals surface area contributed by atoms with Crippen molar-refractivity contribution in [2.75, 3.05) is 24.2 Å². The molecule has 1 N–H and O–H groups in total. The van der Waals surface area contributed by atoms with Gasteiger partial charge in [-0.1, -0.05) is 36.8 Å². The van der Waals surface area contributed by atoms with Gasteiger partial charge >= 0.3 is 0 Å². The first-order valence-electron chi connectivity index (χ1n) is 11.7. The minimum absolute atomic E-state index is 0.0384. The van der Waals surface area contributed by atoms with E-state index in [2.05, 4.69) is 5.32 Å². The van der Waals surface area contributed by atoms with E-state index in [-0.39, 0.29) is 35.6 Å². The topological polar surface area (TPSA) is 139 Å². The first-order chi connectivity index (χ1) is 17.3. The monoisotopic (exact) mass is 534 g/mol. The number of non-ortho nitro benzene ring substituents is 1. The molecule has 0 fully saturated rings. The van der Waals surface area contributed by atoms with Crippen LogP contribution >= 0.6 is 0 Å². The third kappa shape index (κ3) is 7.91. The summed E-state index contributed by atoms with van der Waals surface area (Å²) in [6, 6.07) is 9.84. The number of carbonyl (C=O) groups is 2. The van der Waals surface area contributed by atoms with Crippen LogP contribution in [0.4, 0.5) is 11.4 Å². The van der Waals surface area contributed by atoms with E-state index >= 15 is 0 Å². The van der Waals surface area contributed by atoms with Crippen molar-refractivity contribution in [3.05, 3.63) is 63.7 Å². The smallest absolute Gasteiger partial charge is 0.271 e. The number of rotatable bonds is 12. The number of nitrogens with zero attached hydrogens (tertiary/aromatic N) is 3. The van der Waals surface area contributed by atoms with Crippen molar-refractivity contribution in [3.63, 3.8) is 0 Å². The maximum atomic E-state index is 13.6. The SMILES string of the molecule is CC[C@@H](C)NC(=O)[C@H](C)N(Cc1ccc(C)cc1)C(=O)CN(c1cc([N+](=O)[O-])ccc1OC)S(C)(=O)=O. The van der Waals surface area contributed by atoms with E-state index in [1.807, 2.05) is 45.0 Å². The summed E-state index contributed by atoms with van der Waals surface area (Å²) in [4.78, 5) is 38.5. The Morgan fingerprint density at radius 1 is 1.14 bits per heavy atom. The molecule has 0 aliphatic carbocycles. The summed E-state index contributed by atoms with van der Waals surface area (Å²) < 4.78 is 31.5. The Balaban J connectivity index is 2.50. The van der Waals surface area contributed by atoms with Crippen LogP contribution in [0.25, 0.3) is 0 Å². The van der Waals surface area contributed by atoms with E-state index in [9.17, 15) is 28.1 Å². The van der Waals surface area contributed by atoms with Crippen molar-refractivity contribution in [2.45, 2.75) is 52.7 Å². The van der Waals surface area contributed by atoms with E-state index in [0.717, 1.165) is 27.8 Å². The lowest BCUT2D eigenvalue weighted by Gasteiger charge is -2.32. The van der Waals surface area contributed by atoms with E-state index in [1.165, 1.54) is 24.1 Å². The fraction of sp³-hybridized carbons (Fsp3) is 0.440. The van der Waals surface area contributed by atoms with Crippen molar-refractivity contribution in [1.82, 2.24) is 10.2 Å². The van der Waals surface area contributed by atoms with Crippen LogP contribution in [0.5, 0.6) is 5.75 Å². The minimum atomic E-state index is -4.09. The number of hydrogen-bond donors (Lipinski definition) is 1. The van der Waals surface area contributed by atoms with E-state index in [0.29, 0.717) is 6.42 Å². The van der Waals surface area contributed by atoms with Gasteiger partial charge in [0.15, 0.2) is 0 Å². The molecule has 0 aliphatic rings. The van der Waals surface area contributed by atoms with Gasteiger partial charge in [0.25, 0.3) is 5.69 Å². The Labute approximate surface area is 217 Å². The van der Waals surface area contributed by atoms with Gasteiger partial charge in [-0.15, -0.1) is 0 Å². The quantitative estimate of drug-likeness (QED) is 0.326. The molecular formula is C25H34N4O7S. The molecule has 0 aromatic heterocycles. The highest BCUT2D eigenvalue weighted by Crippen LogP contribution is 2.33. The number of ether oxygens (including phenoxy) is 1. The molecule has 0 saturated heterocycles. The van der Waals surface area contributed by atoms with Crippen LogP contribution < -0.4 is 14.4 Å². The van der Waals surface area contributed by atoms with Crippen LogP contribution in [-0.2, 0) is 26.2 Å². The van der Waals surface area contributed by atoms with Crippen LogP contribution in [0.1, 0.15) is 38.3 Å². The molecule has 0 aliphatic heterocycles. The lowest BCUT2D eigenvalue weighted by Crippen LogP contribution is -2.52. The van der Waals surface area contributed by atoms with Gasteiger partial charge in [0, 0.05) is 24.7 Å². The molecule has 0 unspecified atom stereocenters. The van der Waals surface area contributed by atoms with Crippen molar-refractivity contribution in [1.29, 1.82) is 0 Å². The largest absolute Gasteiger partial charge is 0.495 e. The van der Waals surface area contributed by atoms with Crippen LogP contribution in [0, 0.1) is 17.0 Å². The highest BCUT2D eigenvalue weighted by Gasteiger charge is 2.32. The Morgan fingerprint density at radius 3 is 2.27 bits per heavy atom. The summed E-state index contributed by atoms with van der Waals surface area (Å²) >= 11 is 0. The Morgan fingerprint density at radius 2 is 1.76 bits per heavy atom. The van der Waals surface area contributed by atoms with Gasteiger partial charge in [-0.3, -0.25) is 24.0 Å². The lowest BCUT2D eigenvalue weighted by molar-refractivity contribution is -0.384. The average molecular weight is 535 g/mol. The van der Waals surface area contributed by atoms with Crippen LogP contribution in [0.15, 0.2) is 42.5 Å². The standard InChI is InChI=1S/C25H34N4O7S/c1-7-18(3)26-25(31)19(4)27(15-20-10-8-17(2)9-11-20)24(30)16-28(37(6,34)35)22-14-21(29(32)33)12-13-23(22)36-5/h8-14,18-19H,7,15-16H2,1-6H3,(H,26,31)/t18-,19+/m1/s1. The lowest BCUT2D eigenvalue weighted by atomic mass is 10.1. The highest BCUT2D eigenvalue weighted by molar-refractivity contribution is 7.92. The molecule has 2 atom stereocenters. The van der Waals surface area contributed by atoms with Crippen LogP contribution in [-0.4, -0.2) is 62.0 Å². The third-order valence-corrected chi connectivity index (χ3v) is 7.09. The molecule has 37 heavy (non-hydrogen) atoms. The third-order valence-electron chi connectivity index (χ3n) is 5.96. The van der Waals surface area contributed by atoms with Gasteiger partial charge in [-0.2, -0.15) is 0 Å². The number of carbonyl (C=O) groups excluding carboxylic acids is 2. The van der Waals surface area contributed by atoms with Crippen molar-refractivity contribution in [2.24, 2.45) is 0 Å². The van der Waals surface area contributed by atoms with Gasteiger partial charge in [0.05, 0.1) is 18.3 Å². The van der Waals surface area contributed by atoms with Crippen LogP contribution in [0.2, 0.25) is 0 Å². The second-order valence-electron chi connectivity index (χ2n) is 8.88. The molecule has 0 heterocycles. The molecule has 202 valence electrons. The number of amides is 2. The van der Waals surface area contributed by atoms with Crippen LogP contribution in [0.3, 0.4) is 0 Å². The molecular weight excluding hydrogens is 500 g/mol. The second kappa shape index (κ2) is 12.5. The summed E-state index contributed by atoms with van der Waals surface area (Å²) in [5, 5.41) is 14.2. The maximum Gasteiger partial charge on any atom is 0.271 e. The number of nitro benzene ring substituents is 1. The van der Waals surface area contributed by atoms with E-state index < -0.39 is 33.4 Å². The molecule has 0 spiro atoms. The summed E-state index contributed by atoms with van der Waals surface area (Å²) in [5.74, 6) is -1.00. The molecule has 2 amide bonds. The Kier molecular flexibility index (Phi) is 10.0. The summed E-state index contributed by atoms with van der Waals surface area (Å²) in [7, 11) is -2.80. The molecule has 0 radical (unpaired) electrons. The molecule has 0 bridgehead atoms. The number of sulfonamides is 1. The molecule has 2 aromatic rings. The van der Waals surface area contributed by atoms with Gasteiger partial charge in [0.2, 0.25) is 21.8 Å². The number of methoxy groups -OCH3 is 1.